The molecule has 22 heavy (non-hydrogen) atoms. The van der Waals surface area contributed by atoms with Crippen LogP contribution in [0, 0.1) is 0 Å². The first-order valence-corrected chi connectivity index (χ1v) is 8.72. The Kier molecular flexibility index (Phi) is 4.46. The monoisotopic (exact) mass is 440 g/mol. The molecule has 0 unspecified atom stereocenters. The number of ether oxygens (including phenoxy) is 1. The lowest BCUT2D eigenvalue weighted by molar-refractivity contribution is 0.0967. The molecule has 0 saturated heterocycles. The normalized spacial score (nSPS) is 10.7. The van der Waals surface area contributed by atoms with E-state index in [2.05, 4.69) is 42.2 Å². The predicted octanol–water partition coefficient (Wildman–Crippen LogP) is 4.97. The van der Waals surface area contributed by atoms with Crippen molar-refractivity contribution in [2.24, 2.45) is 0 Å². The number of halogens is 2. The van der Waals surface area contributed by atoms with Gasteiger partial charge in [-0.15, -0.1) is 11.3 Å². The molecular weight excluding hydrogens is 432 g/mol. The molecule has 0 fully saturated rings. The third-order valence-electron chi connectivity index (χ3n) is 2.97. The Balaban J connectivity index is 2.05. The lowest BCUT2D eigenvalue weighted by atomic mass is 10.2. The summed E-state index contributed by atoms with van der Waals surface area (Å²) in [6, 6.07) is 9.36. The molecule has 0 bridgehead atoms. The van der Waals surface area contributed by atoms with E-state index in [1.54, 1.807) is 13.2 Å². The van der Waals surface area contributed by atoms with E-state index in [1.165, 1.54) is 11.3 Å². The van der Waals surface area contributed by atoms with Gasteiger partial charge in [0.05, 0.1) is 15.8 Å². The summed E-state index contributed by atoms with van der Waals surface area (Å²) in [5.41, 5.74) is 0. The van der Waals surface area contributed by atoms with Crippen molar-refractivity contribution < 1.29 is 9.53 Å². The van der Waals surface area contributed by atoms with Crippen molar-refractivity contribution in [3.8, 4) is 11.5 Å². The van der Waals surface area contributed by atoms with Crippen LogP contribution in [0.25, 0.3) is 10.1 Å². The number of carbonyl (C=O) groups is 1. The van der Waals surface area contributed by atoms with E-state index < -0.39 is 0 Å². The molecule has 0 radical (unpaired) electrons. The van der Waals surface area contributed by atoms with E-state index in [0.717, 1.165) is 14.6 Å². The summed E-state index contributed by atoms with van der Waals surface area (Å²) >= 11 is 8.18. The zero-order valence-corrected chi connectivity index (χ0v) is 15.4. The highest BCUT2D eigenvalue weighted by Gasteiger charge is 2.15. The molecule has 7 heteroatoms. The average Bonchev–Trinajstić information content (AvgIpc) is 2.98. The Hall–Kier alpha value is -1.44. The minimum absolute atomic E-state index is 0.123. The molecule has 0 aliphatic carbocycles. The van der Waals surface area contributed by atoms with Crippen LogP contribution in [0.3, 0.4) is 0 Å². The van der Waals surface area contributed by atoms with Crippen molar-refractivity contribution >= 4 is 59.2 Å². The fraction of sp³-hybridized carbons (Fsp3) is 0.0667. The minimum atomic E-state index is -0.123. The number of fused-ring (bicyclic) bond motifs is 1. The van der Waals surface area contributed by atoms with Crippen LogP contribution in [0.5, 0.6) is 11.5 Å². The number of amides is 1. The molecule has 4 nitrogen and oxygen atoms in total. The first-order valence-electron chi connectivity index (χ1n) is 6.32. The van der Waals surface area contributed by atoms with E-state index >= 15 is 0 Å². The quantitative estimate of drug-likeness (QED) is 0.583. The third-order valence-corrected chi connectivity index (χ3v) is 5.51. The van der Waals surface area contributed by atoms with E-state index in [0.29, 0.717) is 21.0 Å². The average molecular weight is 442 g/mol. The second kappa shape index (κ2) is 6.36. The minimum Gasteiger partial charge on any atom is -0.455 e. The highest BCUT2D eigenvalue weighted by Crippen LogP contribution is 2.38. The van der Waals surface area contributed by atoms with Crippen molar-refractivity contribution in [2.45, 2.75) is 0 Å². The van der Waals surface area contributed by atoms with Gasteiger partial charge in [-0.2, -0.15) is 0 Å². The molecule has 1 N–H and O–H groups in total. The summed E-state index contributed by atoms with van der Waals surface area (Å²) in [7, 11) is 1.61. The number of carbonyl (C=O) groups excluding carboxylic acids is 1. The molecule has 0 aliphatic rings. The highest BCUT2D eigenvalue weighted by atomic mass is 79.9. The number of hydrogen-bond donors (Lipinski definition) is 1. The summed E-state index contributed by atoms with van der Waals surface area (Å²) in [5.74, 6) is 1.20. The Morgan fingerprint density at radius 3 is 2.68 bits per heavy atom. The smallest absolute Gasteiger partial charge is 0.261 e. The van der Waals surface area contributed by atoms with Gasteiger partial charge in [0.15, 0.2) is 5.75 Å². The maximum absolute atomic E-state index is 11.8. The molecule has 2 aromatic heterocycles. The number of rotatable bonds is 3. The predicted molar refractivity (Wildman–Crippen MR) is 94.9 cm³/mol. The number of pyridine rings is 1. The van der Waals surface area contributed by atoms with Gasteiger partial charge in [-0.25, -0.2) is 4.98 Å². The summed E-state index contributed by atoms with van der Waals surface area (Å²) in [6.45, 7) is 0. The number of benzene rings is 1. The number of nitrogens with zero attached hydrogens (tertiary/aromatic N) is 1. The van der Waals surface area contributed by atoms with Crippen LogP contribution in [0.15, 0.2) is 45.6 Å². The first kappa shape index (κ1) is 15.5. The molecular formula is C15H10Br2N2O2S. The Morgan fingerprint density at radius 1 is 1.27 bits per heavy atom. The standard InChI is InChI=1S/C15H10Br2N2O2S/c1-18-15(20)12-6-10-11(7-19-14(17)13(10)22-12)21-9-4-2-8(16)3-5-9/h2-7H,1H3,(H,18,20). The van der Waals surface area contributed by atoms with Crippen LogP contribution in [-0.2, 0) is 0 Å². The van der Waals surface area contributed by atoms with Gasteiger partial charge in [-0.05, 0) is 46.3 Å². The summed E-state index contributed by atoms with van der Waals surface area (Å²) in [4.78, 5) is 16.7. The van der Waals surface area contributed by atoms with Crippen molar-refractivity contribution in [1.82, 2.24) is 10.3 Å². The second-order valence-corrected chi connectivity index (χ2v) is 7.12. The summed E-state index contributed by atoms with van der Waals surface area (Å²) in [5, 5.41) is 3.48. The van der Waals surface area contributed by atoms with Gasteiger partial charge in [0.25, 0.3) is 5.91 Å². The molecule has 2 heterocycles. The largest absolute Gasteiger partial charge is 0.455 e. The zero-order valence-electron chi connectivity index (χ0n) is 11.4. The molecule has 3 aromatic rings. The molecule has 0 spiro atoms. The SMILES string of the molecule is CNC(=O)c1cc2c(Oc3ccc(Br)cc3)cnc(Br)c2s1. The van der Waals surface area contributed by atoms with Gasteiger partial charge in [0, 0.05) is 16.9 Å². The number of hydrogen-bond acceptors (Lipinski definition) is 4. The van der Waals surface area contributed by atoms with Gasteiger partial charge in [0.2, 0.25) is 0 Å². The molecule has 1 aromatic carbocycles. The lowest BCUT2D eigenvalue weighted by Crippen LogP contribution is -2.15. The highest BCUT2D eigenvalue weighted by molar-refractivity contribution is 9.10. The molecule has 112 valence electrons. The van der Waals surface area contributed by atoms with E-state index in [-0.39, 0.29) is 5.91 Å². The van der Waals surface area contributed by atoms with Gasteiger partial charge in [0.1, 0.15) is 10.4 Å². The van der Waals surface area contributed by atoms with E-state index in [4.69, 9.17) is 4.74 Å². The van der Waals surface area contributed by atoms with Gasteiger partial charge >= 0.3 is 0 Å². The number of aromatic nitrogens is 1. The van der Waals surface area contributed by atoms with Gasteiger partial charge in [-0.3, -0.25) is 4.79 Å². The summed E-state index contributed by atoms with van der Waals surface area (Å²) in [6.07, 6.45) is 1.65. The molecule has 3 rings (SSSR count). The van der Waals surface area contributed by atoms with Gasteiger partial charge < -0.3 is 10.1 Å². The van der Waals surface area contributed by atoms with Crippen LogP contribution in [0.1, 0.15) is 9.67 Å². The third kappa shape index (κ3) is 3.02. The van der Waals surface area contributed by atoms with Crippen molar-refractivity contribution in [2.75, 3.05) is 7.05 Å². The Morgan fingerprint density at radius 2 is 2.00 bits per heavy atom. The van der Waals surface area contributed by atoms with Crippen LogP contribution < -0.4 is 10.1 Å². The molecule has 0 atom stereocenters. The lowest BCUT2D eigenvalue weighted by Gasteiger charge is -2.07. The van der Waals surface area contributed by atoms with Crippen LogP contribution in [0.2, 0.25) is 0 Å². The Labute approximate surface area is 147 Å². The van der Waals surface area contributed by atoms with Crippen molar-refractivity contribution in [3.63, 3.8) is 0 Å². The molecule has 1 amide bonds. The summed E-state index contributed by atoms with van der Waals surface area (Å²) < 4.78 is 8.46. The van der Waals surface area contributed by atoms with Crippen molar-refractivity contribution in [3.05, 3.63) is 50.5 Å². The van der Waals surface area contributed by atoms with Crippen LogP contribution in [0.4, 0.5) is 0 Å². The fourth-order valence-corrected chi connectivity index (χ4v) is 3.74. The van der Waals surface area contributed by atoms with E-state index in [1.807, 2.05) is 30.3 Å². The fourth-order valence-electron chi connectivity index (χ4n) is 1.92. The number of thiophene rings is 1. The first-order chi connectivity index (χ1) is 10.6. The van der Waals surface area contributed by atoms with Crippen LogP contribution in [-0.4, -0.2) is 17.9 Å². The maximum Gasteiger partial charge on any atom is 0.261 e. The van der Waals surface area contributed by atoms with Crippen molar-refractivity contribution in [1.29, 1.82) is 0 Å². The molecule has 0 saturated carbocycles. The number of nitrogens with one attached hydrogen (secondary N) is 1. The zero-order chi connectivity index (χ0) is 15.7. The Bertz CT molecular complexity index is 847. The van der Waals surface area contributed by atoms with Gasteiger partial charge in [-0.1, -0.05) is 15.9 Å². The van der Waals surface area contributed by atoms with Crippen LogP contribution >= 0.6 is 43.2 Å². The van der Waals surface area contributed by atoms with E-state index in [9.17, 15) is 4.79 Å². The second-order valence-electron chi connectivity index (χ2n) is 4.40. The topological polar surface area (TPSA) is 51.2 Å². The maximum atomic E-state index is 11.8. The molecule has 0 aliphatic heterocycles.